The predicted molar refractivity (Wildman–Crippen MR) is 103 cm³/mol. The Morgan fingerprint density at radius 1 is 1.21 bits per heavy atom. The topological polar surface area (TPSA) is 57.7 Å². The fraction of sp³-hybridized carbons (Fsp3) is 0.526. The maximum absolute atomic E-state index is 5.68. The first-order valence-electron chi connectivity index (χ1n) is 8.55. The highest BCUT2D eigenvalue weighted by molar-refractivity contribution is 5.79. The van der Waals surface area contributed by atoms with Gasteiger partial charge in [0, 0.05) is 30.7 Å². The summed E-state index contributed by atoms with van der Waals surface area (Å²) in [6.45, 7) is 15.8. The van der Waals surface area contributed by atoms with Crippen LogP contribution in [0.1, 0.15) is 33.3 Å². The van der Waals surface area contributed by atoms with Crippen LogP contribution in [-0.4, -0.2) is 37.7 Å². The van der Waals surface area contributed by atoms with Crippen LogP contribution in [0.2, 0.25) is 0 Å². The standard InChI is InChI=1S/C19H32N4O/c1-6-14-24-17-11-9-8-10-16(17)15-22-18(20-7-2)21-12-13-23-19(3,4)5/h6,8-11,23H,1,7,12-15H2,2-5H3,(H2,20,21,22). The lowest BCUT2D eigenvalue weighted by Gasteiger charge is -2.21. The van der Waals surface area contributed by atoms with E-state index >= 15 is 0 Å². The van der Waals surface area contributed by atoms with E-state index in [1.54, 1.807) is 6.08 Å². The number of nitrogens with zero attached hydrogens (tertiary/aromatic N) is 1. The first-order chi connectivity index (χ1) is 11.5. The number of hydrogen-bond acceptors (Lipinski definition) is 3. The summed E-state index contributed by atoms with van der Waals surface area (Å²) in [4.78, 5) is 4.65. The van der Waals surface area contributed by atoms with Gasteiger partial charge in [-0.1, -0.05) is 30.9 Å². The first-order valence-corrected chi connectivity index (χ1v) is 8.55. The lowest BCUT2D eigenvalue weighted by Crippen LogP contribution is -2.44. The third kappa shape index (κ3) is 8.58. The molecule has 1 aromatic rings. The van der Waals surface area contributed by atoms with E-state index in [0.29, 0.717) is 13.2 Å². The predicted octanol–water partition coefficient (Wildman–Crippen LogP) is 2.69. The summed E-state index contributed by atoms with van der Waals surface area (Å²) in [5, 5.41) is 10.1. The second-order valence-electron chi connectivity index (χ2n) is 6.51. The van der Waals surface area contributed by atoms with Gasteiger partial charge in [-0.3, -0.25) is 0 Å². The largest absolute Gasteiger partial charge is 0.489 e. The fourth-order valence-electron chi connectivity index (χ4n) is 2.05. The molecule has 0 unspecified atom stereocenters. The van der Waals surface area contributed by atoms with Crippen LogP contribution in [0.3, 0.4) is 0 Å². The van der Waals surface area contributed by atoms with Crippen LogP contribution in [0.5, 0.6) is 5.75 Å². The molecule has 24 heavy (non-hydrogen) atoms. The molecule has 3 N–H and O–H groups in total. The molecular weight excluding hydrogens is 300 g/mol. The molecule has 0 amide bonds. The van der Waals surface area contributed by atoms with E-state index in [-0.39, 0.29) is 5.54 Å². The molecule has 1 rings (SSSR count). The van der Waals surface area contributed by atoms with Crippen molar-refractivity contribution in [2.75, 3.05) is 26.2 Å². The van der Waals surface area contributed by atoms with E-state index in [0.717, 1.165) is 36.9 Å². The average Bonchev–Trinajstić information content (AvgIpc) is 2.54. The highest BCUT2D eigenvalue weighted by atomic mass is 16.5. The first kappa shape index (κ1) is 20.0. The van der Waals surface area contributed by atoms with Crippen LogP contribution in [0.4, 0.5) is 0 Å². The summed E-state index contributed by atoms with van der Waals surface area (Å²) in [6, 6.07) is 7.96. The average molecular weight is 332 g/mol. The second kappa shape index (κ2) is 10.7. The second-order valence-corrected chi connectivity index (χ2v) is 6.51. The Morgan fingerprint density at radius 2 is 1.96 bits per heavy atom. The number of rotatable bonds is 9. The summed E-state index contributed by atoms with van der Waals surface area (Å²) < 4.78 is 5.68. The van der Waals surface area contributed by atoms with E-state index in [1.807, 2.05) is 24.3 Å². The zero-order valence-electron chi connectivity index (χ0n) is 15.5. The van der Waals surface area contributed by atoms with Gasteiger partial charge in [0.25, 0.3) is 0 Å². The smallest absolute Gasteiger partial charge is 0.191 e. The Bertz CT molecular complexity index is 520. The van der Waals surface area contributed by atoms with Crippen LogP contribution in [-0.2, 0) is 6.54 Å². The van der Waals surface area contributed by atoms with Gasteiger partial charge in [0.15, 0.2) is 5.96 Å². The van der Waals surface area contributed by atoms with E-state index in [9.17, 15) is 0 Å². The van der Waals surface area contributed by atoms with Crippen molar-refractivity contribution in [3.63, 3.8) is 0 Å². The van der Waals surface area contributed by atoms with E-state index in [1.165, 1.54) is 0 Å². The molecule has 0 heterocycles. The van der Waals surface area contributed by atoms with E-state index < -0.39 is 0 Å². The van der Waals surface area contributed by atoms with Crippen molar-refractivity contribution >= 4 is 5.96 Å². The van der Waals surface area contributed by atoms with Crippen molar-refractivity contribution in [2.45, 2.75) is 39.8 Å². The summed E-state index contributed by atoms with van der Waals surface area (Å²) in [5.74, 6) is 1.66. The zero-order valence-corrected chi connectivity index (χ0v) is 15.5. The molecule has 0 spiro atoms. The third-order valence-corrected chi connectivity index (χ3v) is 3.15. The van der Waals surface area contributed by atoms with Crippen molar-refractivity contribution in [2.24, 2.45) is 4.99 Å². The molecule has 5 heteroatoms. The minimum Gasteiger partial charge on any atom is -0.489 e. The van der Waals surface area contributed by atoms with Crippen LogP contribution >= 0.6 is 0 Å². The molecular formula is C19H32N4O. The van der Waals surface area contributed by atoms with Crippen molar-refractivity contribution in [3.8, 4) is 5.75 Å². The highest BCUT2D eigenvalue weighted by Crippen LogP contribution is 2.18. The SMILES string of the molecule is C=CCOc1ccccc1CN=C(NCC)NCCNC(C)(C)C. The van der Waals surface area contributed by atoms with E-state index in [4.69, 9.17) is 4.74 Å². The minimum absolute atomic E-state index is 0.124. The monoisotopic (exact) mass is 332 g/mol. The zero-order chi connectivity index (χ0) is 17.8. The van der Waals surface area contributed by atoms with Crippen molar-refractivity contribution in [3.05, 3.63) is 42.5 Å². The highest BCUT2D eigenvalue weighted by Gasteiger charge is 2.07. The minimum atomic E-state index is 0.124. The Balaban J connectivity index is 2.60. The van der Waals surface area contributed by atoms with Crippen LogP contribution in [0.15, 0.2) is 41.9 Å². The maximum atomic E-state index is 5.68. The van der Waals surface area contributed by atoms with Crippen molar-refractivity contribution in [1.29, 1.82) is 0 Å². The summed E-state index contributed by atoms with van der Waals surface area (Å²) >= 11 is 0. The number of aliphatic imine (C=N–C) groups is 1. The molecule has 0 aromatic heterocycles. The van der Waals surface area contributed by atoms with Crippen molar-refractivity contribution < 1.29 is 4.74 Å². The molecule has 0 aliphatic rings. The molecule has 0 fully saturated rings. The maximum Gasteiger partial charge on any atom is 0.191 e. The molecule has 0 bridgehead atoms. The summed E-state index contributed by atoms with van der Waals surface area (Å²) in [5.41, 5.74) is 1.18. The molecule has 0 aliphatic heterocycles. The van der Waals surface area contributed by atoms with Gasteiger partial charge >= 0.3 is 0 Å². The number of guanidine groups is 1. The fourth-order valence-corrected chi connectivity index (χ4v) is 2.05. The molecule has 5 nitrogen and oxygen atoms in total. The number of benzene rings is 1. The van der Waals surface area contributed by atoms with Crippen LogP contribution in [0, 0.1) is 0 Å². The van der Waals surface area contributed by atoms with E-state index in [2.05, 4.69) is 55.2 Å². The quantitative estimate of drug-likeness (QED) is 0.282. The molecule has 134 valence electrons. The summed E-state index contributed by atoms with van der Waals surface area (Å²) in [7, 11) is 0. The Labute approximate surface area is 146 Å². The Kier molecular flexibility index (Phi) is 8.94. The molecule has 0 aliphatic carbocycles. The van der Waals surface area contributed by atoms with Gasteiger partial charge in [0.2, 0.25) is 0 Å². The molecule has 0 saturated carbocycles. The lowest BCUT2D eigenvalue weighted by molar-refractivity contribution is 0.359. The van der Waals surface area contributed by atoms with Crippen LogP contribution in [0.25, 0.3) is 0 Å². The van der Waals surface area contributed by atoms with Crippen LogP contribution < -0.4 is 20.7 Å². The third-order valence-electron chi connectivity index (χ3n) is 3.15. The normalized spacial score (nSPS) is 11.9. The van der Waals surface area contributed by atoms with Gasteiger partial charge in [0.05, 0.1) is 6.54 Å². The lowest BCUT2D eigenvalue weighted by atomic mass is 10.1. The van der Waals surface area contributed by atoms with Gasteiger partial charge in [-0.25, -0.2) is 4.99 Å². The molecule has 1 aromatic carbocycles. The Morgan fingerprint density at radius 3 is 2.62 bits per heavy atom. The number of nitrogens with one attached hydrogen (secondary N) is 3. The molecule has 0 radical (unpaired) electrons. The van der Waals surface area contributed by atoms with Gasteiger partial charge in [-0.2, -0.15) is 0 Å². The molecule has 0 saturated heterocycles. The summed E-state index contributed by atoms with van der Waals surface area (Å²) in [6.07, 6.45) is 1.74. The van der Waals surface area contributed by atoms with Crippen molar-refractivity contribution in [1.82, 2.24) is 16.0 Å². The number of hydrogen-bond donors (Lipinski definition) is 3. The van der Waals surface area contributed by atoms with Gasteiger partial charge in [0.1, 0.15) is 12.4 Å². The number of ether oxygens (including phenoxy) is 1. The van der Waals surface area contributed by atoms with Gasteiger partial charge < -0.3 is 20.7 Å². The Hall–Kier alpha value is -2.01. The molecule has 0 atom stereocenters. The van der Waals surface area contributed by atoms with Gasteiger partial charge in [-0.05, 0) is 33.8 Å². The van der Waals surface area contributed by atoms with Gasteiger partial charge in [-0.15, -0.1) is 0 Å². The number of para-hydroxylation sites is 1.